The van der Waals surface area contributed by atoms with Crippen molar-refractivity contribution in [3.05, 3.63) is 20.8 Å². The Bertz CT molecular complexity index is 521. The number of nitrogens with zero attached hydrogens (tertiary/aromatic N) is 5. The van der Waals surface area contributed by atoms with E-state index in [0.29, 0.717) is 0 Å². The molecule has 2 heterocycles. The molecule has 0 unspecified atom stereocenters. The van der Waals surface area contributed by atoms with Gasteiger partial charge in [0.05, 0.1) is 0 Å². The molecule has 1 aromatic rings. The molecule has 4 N–H and O–H groups in total. The number of guanidine groups is 1. The molecule has 14 heavy (non-hydrogen) atoms. The molecule has 0 bridgehead atoms. The molecule has 9 heteroatoms. The number of hydrogen-bond donors (Lipinski definition) is 3. The highest BCUT2D eigenvalue weighted by Crippen LogP contribution is 2.17. The average molecular weight is 192 g/mol. The average Bonchev–Trinajstić information content (AvgIpc) is 2.48. The van der Waals surface area contributed by atoms with E-state index in [1.807, 2.05) is 0 Å². The largest absolute Gasteiger partial charge is 0.470 e. The maximum Gasteiger partial charge on any atom is 0.470 e. The second-order valence-corrected chi connectivity index (χ2v) is 2.40. The summed E-state index contributed by atoms with van der Waals surface area (Å²) >= 11 is 0. The summed E-state index contributed by atoms with van der Waals surface area (Å²) in [5, 5.41) is 5.69. The lowest BCUT2D eigenvalue weighted by atomic mass is 10.5. The summed E-state index contributed by atoms with van der Waals surface area (Å²) in [4.78, 5) is 23.5. The summed E-state index contributed by atoms with van der Waals surface area (Å²) in [6, 6.07) is 0. The summed E-state index contributed by atoms with van der Waals surface area (Å²) in [6.45, 7) is 0. The van der Waals surface area contributed by atoms with E-state index in [1.54, 1.807) is 0 Å². The molecule has 1 radical (unpaired) electrons. The number of nitrogens with one attached hydrogen (secondary N) is 2. The second kappa shape index (κ2) is 2.75. The first kappa shape index (κ1) is 8.08. The number of aromatic amines is 1. The summed E-state index contributed by atoms with van der Waals surface area (Å²) < 4.78 is 0. The predicted octanol–water partition coefficient (Wildman–Crippen LogP) is -0.589. The van der Waals surface area contributed by atoms with Crippen molar-refractivity contribution in [2.24, 2.45) is 5.11 Å². The third-order valence-electron chi connectivity index (χ3n) is 1.51. The SMILES string of the molecule is [N-]=[N+]=NC1=[N+]c2nc(N)[nH]c(=O)c2N1. The molecule has 0 saturated heterocycles. The fourth-order valence-electron chi connectivity index (χ4n) is 1.00. The maximum absolute atomic E-state index is 11.2. The number of aromatic nitrogens is 2. The fourth-order valence-corrected chi connectivity index (χ4v) is 1.00. The molecular weight excluding hydrogens is 188 g/mol. The van der Waals surface area contributed by atoms with E-state index < -0.39 is 5.56 Å². The monoisotopic (exact) mass is 192 g/mol. The Hall–Kier alpha value is -2.54. The van der Waals surface area contributed by atoms with Crippen molar-refractivity contribution < 1.29 is 0 Å². The van der Waals surface area contributed by atoms with E-state index >= 15 is 0 Å². The minimum Gasteiger partial charge on any atom is -0.359 e. The Kier molecular flexibility index (Phi) is 1.58. The van der Waals surface area contributed by atoms with Gasteiger partial charge in [-0.25, -0.2) is 5.32 Å². The van der Waals surface area contributed by atoms with E-state index in [0.717, 1.165) is 0 Å². The van der Waals surface area contributed by atoms with E-state index in [4.69, 9.17) is 11.3 Å². The molecule has 0 aliphatic carbocycles. The quantitative estimate of drug-likeness (QED) is 0.286. The molecule has 0 spiro atoms. The van der Waals surface area contributed by atoms with Crippen LogP contribution in [0.3, 0.4) is 0 Å². The first-order valence-electron chi connectivity index (χ1n) is 3.51. The Morgan fingerprint density at radius 2 is 2.43 bits per heavy atom. The zero-order chi connectivity index (χ0) is 10.1. The number of H-pyrrole nitrogens is 1. The van der Waals surface area contributed by atoms with Gasteiger partial charge in [0.15, 0.2) is 4.91 Å². The van der Waals surface area contributed by atoms with E-state index in [2.05, 4.69) is 30.3 Å². The van der Waals surface area contributed by atoms with Gasteiger partial charge in [0.2, 0.25) is 5.69 Å². The number of azide groups is 1. The van der Waals surface area contributed by atoms with Crippen molar-refractivity contribution in [2.45, 2.75) is 0 Å². The van der Waals surface area contributed by atoms with Gasteiger partial charge < -0.3 is 5.73 Å². The van der Waals surface area contributed by atoms with Gasteiger partial charge in [0, 0.05) is 5.53 Å². The zero-order valence-corrected chi connectivity index (χ0v) is 6.72. The molecule has 2 rings (SSSR count). The van der Waals surface area contributed by atoms with Crippen LogP contribution in [-0.4, -0.2) is 15.9 Å². The number of aliphatic imine (C=N–C) groups is 1. The number of nitrogen functional groups attached to an aromatic ring is 1. The molecule has 0 fully saturated rings. The number of nitrogens with two attached hydrogens (primary N) is 1. The van der Waals surface area contributed by atoms with Crippen LogP contribution in [0, 0.1) is 0 Å². The lowest BCUT2D eigenvalue weighted by Gasteiger charge is -1.89. The number of fused-ring (bicyclic) bond motifs is 1. The van der Waals surface area contributed by atoms with Gasteiger partial charge in [-0.05, 0) is 0 Å². The fraction of sp³-hybridized carbons (Fsp3) is 0. The lowest BCUT2D eigenvalue weighted by molar-refractivity contribution is 1.12. The molecular formula is C5H4N8O+. The second-order valence-electron chi connectivity index (χ2n) is 2.40. The molecule has 69 valence electrons. The standard InChI is InChI=1S/C5H4N8O/c6-4-9-2-1(3(14)11-4)8-5(10-2)12-13-7/h8H,(H3,6,9,11,14)/q+1. The van der Waals surface area contributed by atoms with Crippen LogP contribution in [-0.2, 0) is 0 Å². The molecule has 1 aliphatic rings. The Morgan fingerprint density at radius 3 is 3.14 bits per heavy atom. The van der Waals surface area contributed by atoms with Gasteiger partial charge in [-0.1, -0.05) is 9.98 Å². The van der Waals surface area contributed by atoms with Crippen LogP contribution in [0.1, 0.15) is 0 Å². The van der Waals surface area contributed by atoms with E-state index in [9.17, 15) is 4.79 Å². The summed E-state index contributed by atoms with van der Waals surface area (Å²) in [5.74, 6) is 0.0567. The molecule has 9 nitrogen and oxygen atoms in total. The summed E-state index contributed by atoms with van der Waals surface area (Å²) in [6.07, 6.45) is 0. The number of hydrogen-bond acceptors (Lipinski definition) is 6. The highest BCUT2D eigenvalue weighted by molar-refractivity contribution is 6.01. The molecule has 0 saturated carbocycles. The highest BCUT2D eigenvalue weighted by Gasteiger charge is 2.30. The van der Waals surface area contributed by atoms with Gasteiger partial charge in [-0.15, -0.1) is 0 Å². The lowest BCUT2D eigenvalue weighted by Crippen LogP contribution is -2.15. The van der Waals surface area contributed by atoms with Crippen molar-refractivity contribution in [1.29, 1.82) is 0 Å². The summed E-state index contributed by atoms with van der Waals surface area (Å²) in [7, 11) is 0. The smallest absolute Gasteiger partial charge is 0.359 e. The Labute approximate surface area is 76.3 Å². The topological polar surface area (TPSA) is 147 Å². The van der Waals surface area contributed by atoms with Crippen molar-refractivity contribution >= 4 is 23.4 Å². The Morgan fingerprint density at radius 1 is 1.64 bits per heavy atom. The van der Waals surface area contributed by atoms with Crippen LogP contribution in [0.2, 0.25) is 0 Å². The van der Waals surface area contributed by atoms with Crippen molar-refractivity contribution in [3.63, 3.8) is 0 Å². The molecule has 1 aliphatic heterocycles. The van der Waals surface area contributed by atoms with Gasteiger partial charge in [-0.3, -0.25) is 9.78 Å². The minimum absolute atomic E-state index is 0.0221. The minimum atomic E-state index is -0.459. The third kappa shape index (κ3) is 1.13. The summed E-state index contributed by atoms with van der Waals surface area (Å²) in [5.41, 5.74) is 13.1. The highest BCUT2D eigenvalue weighted by atomic mass is 16.1. The number of anilines is 2. The normalized spacial score (nSPS) is 12.4. The Balaban J connectivity index is 2.56. The van der Waals surface area contributed by atoms with Gasteiger partial charge >= 0.3 is 11.8 Å². The first-order valence-corrected chi connectivity index (χ1v) is 3.51. The van der Waals surface area contributed by atoms with Crippen LogP contribution < -0.4 is 21.6 Å². The van der Waals surface area contributed by atoms with Crippen LogP contribution in [0.4, 0.5) is 17.5 Å². The van der Waals surface area contributed by atoms with Gasteiger partial charge in [0.1, 0.15) is 0 Å². The van der Waals surface area contributed by atoms with Crippen LogP contribution in [0.25, 0.3) is 10.4 Å². The zero-order valence-electron chi connectivity index (χ0n) is 6.72. The van der Waals surface area contributed by atoms with Gasteiger partial charge in [-0.2, -0.15) is 0 Å². The van der Waals surface area contributed by atoms with Crippen molar-refractivity contribution in [2.75, 3.05) is 11.1 Å². The molecule has 0 amide bonds. The van der Waals surface area contributed by atoms with Crippen LogP contribution in [0.5, 0.6) is 0 Å². The first-order chi connectivity index (χ1) is 6.70. The molecule has 1 aromatic heterocycles. The molecule has 0 atom stereocenters. The van der Waals surface area contributed by atoms with Crippen LogP contribution >= 0.6 is 0 Å². The van der Waals surface area contributed by atoms with Crippen molar-refractivity contribution in [3.8, 4) is 0 Å². The third-order valence-corrected chi connectivity index (χ3v) is 1.51. The number of rotatable bonds is 0. The predicted molar refractivity (Wildman–Crippen MR) is 48.8 cm³/mol. The maximum atomic E-state index is 11.2. The van der Waals surface area contributed by atoms with Crippen molar-refractivity contribution in [1.82, 2.24) is 15.0 Å². The van der Waals surface area contributed by atoms with E-state index in [1.165, 1.54) is 0 Å². The van der Waals surface area contributed by atoms with Crippen LogP contribution in [0.15, 0.2) is 9.91 Å². The van der Waals surface area contributed by atoms with E-state index in [-0.39, 0.29) is 23.4 Å². The molecule has 0 aromatic carbocycles. The van der Waals surface area contributed by atoms with Gasteiger partial charge in [0.25, 0.3) is 16.6 Å².